The van der Waals surface area contributed by atoms with Crippen LogP contribution in [0.1, 0.15) is 5.56 Å². The fraction of sp³-hybridized carbons (Fsp3) is 0.107. The molecule has 0 saturated carbocycles. The lowest BCUT2D eigenvalue weighted by Crippen LogP contribution is -2.39. The van der Waals surface area contributed by atoms with Gasteiger partial charge in [0.25, 0.3) is 0 Å². The number of nitrogens with one attached hydrogen (secondary N) is 1. The Labute approximate surface area is 216 Å². The molecule has 0 saturated heterocycles. The van der Waals surface area contributed by atoms with Crippen LogP contribution in [0.3, 0.4) is 0 Å². The van der Waals surface area contributed by atoms with Crippen molar-refractivity contribution in [3.63, 3.8) is 0 Å². The molecule has 4 rings (SSSR count). The smallest absolute Gasteiger partial charge is 0.243 e. The van der Waals surface area contributed by atoms with Crippen LogP contribution in [0.15, 0.2) is 114 Å². The second-order valence-corrected chi connectivity index (χ2v) is 10.4. The van der Waals surface area contributed by atoms with Crippen LogP contribution in [0, 0.1) is 0 Å². The van der Waals surface area contributed by atoms with E-state index in [1.54, 1.807) is 48.5 Å². The molecule has 0 aliphatic carbocycles. The van der Waals surface area contributed by atoms with Crippen molar-refractivity contribution < 1.29 is 17.9 Å². The van der Waals surface area contributed by atoms with Crippen LogP contribution >= 0.6 is 11.6 Å². The molecule has 0 aliphatic rings. The molecule has 0 spiro atoms. The Bertz CT molecular complexity index is 1400. The number of ether oxygens (including phenoxy) is 1. The first-order chi connectivity index (χ1) is 17.4. The monoisotopic (exact) mass is 520 g/mol. The van der Waals surface area contributed by atoms with Crippen LogP contribution in [-0.2, 0) is 21.2 Å². The van der Waals surface area contributed by atoms with Gasteiger partial charge in [0.2, 0.25) is 15.9 Å². The average Bonchev–Trinajstić information content (AvgIpc) is 2.90. The molecule has 0 aliphatic heterocycles. The quantitative estimate of drug-likeness (QED) is 0.278. The minimum Gasteiger partial charge on any atom is -0.455 e. The van der Waals surface area contributed by atoms with Gasteiger partial charge in [0.05, 0.1) is 17.1 Å². The second-order valence-electron chi connectivity index (χ2n) is 7.99. The molecule has 36 heavy (non-hydrogen) atoms. The molecule has 6 nitrogen and oxygen atoms in total. The molecule has 4 aromatic rings. The van der Waals surface area contributed by atoms with E-state index in [1.165, 1.54) is 16.4 Å². The summed E-state index contributed by atoms with van der Waals surface area (Å²) in [5.74, 6) is 0.468. The SMILES string of the molecule is O=C(CN(CCc1ccccc1)S(=O)(=O)c1ccccc1)Nc1cc(Cl)ccc1Oc1ccccc1. The van der Waals surface area contributed by atoms with E-state index < -0.39 is 15.9 Å². The van der Waals surface area contributed by atoms with Crippen LogP contribution < -0.4 is 10.1 Å². The van der Waals surface area contributed by atoms with Gasteiger partial charge >= 0.3 is 0 Å². The van der Waals surface area contributed by atoms with Gasteiger partial charge in [-0.25, -0.2) is 8.42 Å². The molecule has 0 radical (unpaired) electrons. The number of halogens is 1. The maximum absolute atomic E-state index is 13.4. The number of amides is 1. The Kier molecular flexibility index (Phi) is 8.38. The number of sulfonamides is 1. The minimum absolute atomic E-state index is 0.127. The molecule has 4 aromatic carbocycles. The Morgan fingerprint density at radius 3 is 2.11 bits per heavy atom. The summed E-state index contributed by atoms with van der Waals surface area (Å²) in [4.78, 5) is 13.2. The normalized spacial score (nSPS) is 11.3. The number of carbonyl (C=O) groups excluding carboxylic acids is 1. The molecular weight excluding hydrogens is 496 g/mol. The highest BCUT2D eigenvalue weighted by molar-refractivity contribution is 7.89. The molecule has 1 N–H and O–H groups in total. The van der Waals surface area contributed by atoms with Crippen molar-refractivity contribution >= 4 is 33.2 Å². The van der Waals surface area contributed by atoms with Crippen molar-refractivity contribution in [2.75, 3.05) is 18.4 Å². The van der Waals surface area contributed by atoms with Gasteiger partial charge in [-0.05, 0) is 54.4 Å². The van der Waals surface area contributed by atoms with Crippen molar-refractivity contribution in [1.29, 1.82) is 0 Å². The Morgan fingerprint density at radius 2 is 1.44 bits per heavy atom. The topological polar surface area (TPSA) is 75.7 Å². The fourth-order valence-electron chi connectivity index (χ4n) is 3.58. The highest BCUT2D eigenvalue weighted by Crippen LogP contribution is 2.32. The van der Waals surface area contributed by atoms with Crippen LogP contribution in [-0.4, -0.2) is 31.7 Å². The first-order valence-corrected chi connectivity index (χ1v) is 13.1. The second kappa shape index (κ2) is 11.9. The number of benzene rings is 4. The lowest BCUT2D eigenvalue weighted by Gasteiger charge is -2.22. The predicted octanol–water partition coefficient (Wildman–Crippen LogP) is 6.00. The highest BCUT2D eigenvalue weighted by Gasteiger charge is 2.26. The van der Waals surface area contributed by atoms with E-state index in [-0.39, 0.29) is 18.0 Å². The maximum atomic E-state index is 13.4. The number of rotatable bonds is 10. The first-order valence-electron chi connectivity index (χ1n) is 11.3. The number of para-hydroxylation sites is 1. The number of hydrogen-bond donors (Lipinski definition) is 1. The maximum Gasteiger partial charge on any atom is 0.243 e. The molecule has 0 aromatic heterocycles. The molecule has 0 heterocycles. The summed E-state index contributed by atoms with van der Waals surface area (Å²) in [6.07, 6.45) is 0.458. The third kappa shape index (κ3) is 6.73. The summed E-state index contributed by atoms with van der Waals surface area (Å²) in [6.45, 7) is -0.237. The molecule has 8 heteroatoms. The molecule has 0 unspecified atom stereocenters. The Morgan fingerprint density at radius 1 is 0.833 bits per heavy atom. The molecule has 0 atom stereocenters. The van der Waals surface area contributed by atoms with Crippen molar-refractivity contribution in [2.45, 2.75) is 11.3 Å². The van der Waals surface area contributed by atoms with Crippen LogP contribution in [0.4, 0.5) is 5.69 Å². The summed E-state index contributed by atoms with van der Waals surface area (Å²) >= 11 is 6.17. The number of anilines is 1. The molecule has 1 amide bonds. The lowest BCUT2D eigenvalue weighted by atomic mass is 10.1. The Hall–Kier alpha value is -3.65. The number of carbonyl (C=O) groups is 1. The van der Waals surface area contributed by atoms with Crippen molar-refractivity contribution in [3.8, 4) is 11.5 Å². The van der Waals surface area contributed by atoms with Gasteiger partial charge in [-0.15, -0.1) is 0 Å². The molecular formula is C28H25ClN2O4S. The van der Waals surface area contributed by atoms with E-state index in [4.69, 9.17) is 16.3 Å². The predicted molar refractivity (Wildman–Crippen MR) is 142 cm³/mol. The standard InChI is InChI=1S/C28H25ClN2O4S/c29-23-16-17-27(35-24-12-6-2-7-13-24)26(20-23)30-28(32)21-31(19-18-22-10-4-1-5-11-22)36(33,34)25-14-8-3-9-15-25/h1-17,20H,18-19,21H2,(H,30,32). The van der Waals surface area contributed by atoms with Crippen molar-refractivity contribution in [2.24, 2.45) is 0 Å². The van der Waals surface area contributed by atoms with Gasteiger partial charge in [-0.1, -0.05) is 78.3 Å². The summed E-state index contributed by atoms with van der Waals surface area (Å²) in [5, 5.41) is 3.18. The van der Waals surface area contributed by atoms with E-state index >= 15 is 0 Å². The van der Waals surface area contributed by atoms with Gasteiger partial charge in [0.15, 0.2) is 5.75 Å². The summed E-state index contributed by atoms with van der Waals surface area (Å²) in [7, 11) is -3.91. The van der Waals surface area contributed by atoms with Crippen molar-refractivity contribution in [3.05, 3.63) is 120 Å². The van der Waals surface area contributed by atoms with E-state index in [2.05, 4.69) is 5.32 Å². The zero-order chi connectivity index (χ0) is 25.4. The summed E-state index contributed by atoms with van der Waals surface area (Å²) in [5.41, 5.74) is 1.32. The molecule has 184 valence electrons. The van der Waals surface area contributed by atoms with Crippen LogP contribution in [0.25, 0.3) is 0 Å². The third-order valence-corrected chi connectivity index (χ3v) is 7.47. The van der Waals surface area contributed by atoms with E-state index in [9.17, 15) is 13.2 Å². The zero-order valence-electron chi connectivity index (χ0n) is 19.4. The highest BCUT2D eigenvalue weighted by atomic mass is 35.5. The Balaban J connectivity index is 1.55. The number of hydrogen-bond acceptors (Lipinski definition) is 4. The van der Waals surface area contributed by atoms with E-state index in [1.807, 2.05) is 48.5 Å². The minimum atomic E-state index is -3.91. The van der Waals surface area contributed by atoms with Gasteiger partial charge in [-0.3, -0.25) is 4.79 Å². The lowest BCUT2D eigenvalue weighted by molar-refractivity contribution is -0.116. The molecule has 0 bridgehead atoms. The van der Waals surface area contributed by atoms with Crippen LogP contribution in [0.5, 0.6) is 11.5 Å². The number of nitrogens with zero attached hydrogens (tertiary/aromatic N) is 1. The third-order valence-electron chi connectivity index (χ3n) is 5.38. The largest absolute Gasteiger partial charge is 0.455 e. The first kappa shape index (κ1) is 25.4. The average molecular weight is 521 g/mol. The van der Waals surface area contributed by atoms with Gasteiger partial charge in [-0.2, -0.15) is 4.31 Å². The molecule has 0 fully saturated rings. The van der Waals surface area contributed by atoms with E-state index in [0.717, 1.165) is 5.56 Å². The summed E-state index contributed by atoms with van der Waals surface area (Å²) < 4.78 is 33.9. The zero-order valence-corrected chi connectivity index (χ0v) is 21.0. The fourth-order valence-corrected chi connectivity index (χ4v) is 5.17. The summed E-state index contributed by atoms with van der Waals surface area (Å²) in [6, 6.07) is 31.6. The van der Waals surface area contributed by atoms with Gasteiger partial charge in [0, 0.05) is 11.6 Å². The van der Waals surface area contributed by atoms with Crippen molar-refractivity contribution in [1.82, 2.24) is 4.31 Å². The van der Waals surface area contributed by atoms with Crippen LogP contribution in [0.2, 0.25) is 5.02 Å². The van der Waals surface area contributed by atoms with Gasteiger partial charge < -0.3 is 10.1 Å². The van der Waals surface area contributed by atoms with Gasteiger partial charge in [0.1, 0.15) is 5.75 Å². The van der Waals surface area contributed by atoms with E-state index in [0.29, 0.717) is 28.6 Å².